The van der Waals surface area contributed by atoms with Crippen LogP contribution in [0.1, 0.15) is 29.8 Å². The topological polar surface area (TPSA) is 60.1 Å². The van der Waals surface area contributed by atoms with Crippen molar-refractivity contribution in [1.82, 2.24) is 9.99 Å². The van der Waals surface area contributed by atoms with E-state index in [9.17, 15) is 0 Å². The highest BCUT2D eigenvalue weighted by Gasteiger charge is 2.24. The van der Waals surface area contributed by atoms with Gasteiger partial charge in [-0.3, -0.25) is 10.4 Å². The van der Waals surface area contributed by atoms with E-state index in [1.807, 2.05) is 12.1 Å². The van der Waals surface area contributed by atoms with Crippen molar-refractivity contribution >= 4 is 22.6 Å². The molecule has 1 aromatic carbocycles. The van der Waals surface area contributed by atoms with E-state index in [2.05, 4.69) is 46.1 Å². The summed E-state index contributed by atoms with van der Waals surface area (Å²) >= 11 is 1.74. The van der Waals surface area contributed by atoms with Gasteiger partial charge in [0.15, 0.2) is 16.7 Å². The highest BCUT2D eigenvalue weighted by molar-refractivity contribution is 8.14. The maximum absolute atomic E-state index is 5.75. The van der Waals surface area contributed by atoms with E-state index < -0.39 is 0 Å². The number of fused-ring (bicyclic) bond motifs is 1. The normalized spacial score (nSPS) is 20.4. The molecule has 0 atom stereocenters. The number of hydrazone groups is 1. The molecule has 2 aliphatic heterocycles. The Labute approximate surface area is 162 Å². The van der Waals surface area contributed by atoms with Gasteiger partial charge in [0, 0.05) is 34.5 Å². The number of thioether (sulfide) groups is 1. The molecule has 0 amide bonds. The number of aryl methyl sites for hydroxylation is 1. The van der Waals surface area contributed by atoms with Gasteiger partial charge in [0.2, 0.25) is 0 Å². The van der Waals surface area contributed by atoms with E-state index in [1.54, 1.807) is 11.8 Å². The molecule has 1 fully saturated rings. The molecule has 5 rings (SSSR count). The fourth-order valence-corrected chi connectivity index (χ4v) is 4.34. The van der Waals surface area contributed by atoms with Crippen molar-refractivity contribution in [3.8, 4) is 17.2 Å². The van der Waals surface area contributed by atoms with E-state index >= 15 is 0 Å². The molecule has 3 aliphatic rings. The van der Waals surface area contributed by atoms with Gasteiger partial charge in [0.05, 0.1) is 11.8 Å². The zero-order chi connectivity index (χ0) is 18.4. The molecule has 7 heteroatoms. The van der Waals surface area contributed by atoms with Crippen LogP contribution in [0.3, 0.4) is 0 Å². The molecule has 1 saturated carbocycles. The average molecular weight is 382 g/mol. The van der Waals surface area contributed by atoms with Crippen LogP contribution in [-0.2, 0) is 0 Å². The summed E-state index contributed by atoms with van der Waals surface area (Å²) in [5, 5.41) is 5.54. The molecule has 0 radical (unpaired) electrons. The van der Waals surface area contributed by atoms with E-state index in [4.69, 9.17) is 9.47 Å². The van der Waals surface area contributed by atoms with Crippen molar-refractivity contribution in [2.24, 2.45) is 10.1 Å². The molecule has 0 spiro atoms. The number of aromatic nitrogens is 1. The van der Waals surface area contributed by atoms with Crippen molar-refractivity contribution in [3.05, 3.63) is 41.2 Å². The van der Waals surface area contributed by atoms with Crippen molar-refractivity contribution in [2.75, 3.05) is 19.0 Å². The van der Waals surface area contributed by atoms with Gasteiger partial charge in [-0.15, -0.1) is 0 Å². The number of ether oxygens (including phenoxy) is 2. The molecular formula is C20H22N4O2S. The summed E-state index contributed by atoms with van der Waals surface area (Å²) in [5.74, 6) is 2.46. The Hall–Kier alpha value is -2.41. The lowest BCUT2D eigenvalue weighted by atomic mass is 10.1. The van der Waals surface area contributed by atoms with Crippen LogP contribution in [0.5, 0.6) is 11.5 Å². The van der Waals surface area contributed by atoms with Crippen LogP contribution in [0.2, 0.25) is 0 Å². The minimum Gasteiger partial charge on any atom is -0.486 e. The standard InChI is InChI=1S/C20H22N4O2S/c1-12-9-16(17-11-27-20(23-22-17)21-14-3-4-14)13(2)24(12)15-5-6-18-19(10-15)26-8-7-25-18/h5-6,9-10,14H,3-4,7-8,11H2,1-2H3,(H,21,23). The Morgan fingerprint density at radius 1 is 1.15 bits per heavy atom. The van der Waals surface area contributed by atoms with Gasteiger partial charge in [0.1, 0.15) is 13.2 Å². The molecule has 0 saturated heterocycles. The van der Waals surface area contributed by atoms with Crippen LogP contribution in [0, 0.1) is 13.8 Å². The number of rotatable bonds is 3. The SMILES string of the molecule is Cc1cc(C2=NNC(=NC3CC3)SC2)c(C)n1-c1ccc2c(c1)OCCO2. The van der Waals surface area contributed by atoms with Crippen LogP contribution < -0.4 is 14.9 Å². The summed E-state index contributed by atoms with van der Waals surface area (Å²) in [4.78, 5) is 4.64. The molecule has 140 valence electrons. The summed E-state index contributed by atoms with van der Waals surface area (Å²) in [6.07, 6.45) is 2.41. The quantitative estimate of drug-likeness (QED) is 0.884. The minimum absolute atomic E-state index is 0.511. The van der Waals surface area contributed by atoms with Crippen molar-refractivity contribution in [2.45, 2.75) is 32.7 Å². The van der Waals surface area contributed by atoms with Gasteiger partial charge < -0.3 is 14.0 Å². The number of hydrogen-bond donors (Lipinski definition) is 1. The lowest BCUT2D eigenvalue weighted by molar-refractivity contribution is 0.171. The molecule has 1 aliphatic carbocycles. The fraction of sp³-hybridized carbons (Fsp3) is 0.400. The smallest absolute Gasteiger partial charge is 0.177 e. The van der Waals surface area contributed by atoms with E-state index in [0.717, 1.165) is 33.8 Å². The Bertz CT molecular complexity index is 959. The average Bonchev–Trinajstić information content (AvgIpc) is 3.45. The lowest BCUT2D eigenvalue weighted by Gasteiger charge is -2.20. The third-order valence-corrected chi connectivity index (χ3v) is 5.89. The predicted octanol–water partition coefficient (Wildman–Crippen LogP) is 3.42. The van der Waals surface area contributed by atoms with Crippen LogP contribution in [0.15, 0.2) is 34.4 Å². The predicted molar refractivity (Wildman–Crippen MR) is 109 cm³/mol. The maximum atomic E-state index is 5.75. The van der Waals surface area contributed by atoms with Crippen LogP contribution in [-0.4, -0.2) is 40.5 Å². The number of aliphatic imine (C=N–C) groups is 1. The summed E-state index contributed by atoms with van der Waals surface area (Å²) in [6, 6.07) is 8.83. The first kappa shape index (κ1) is 16.7. The zero-order valence-electron chi connectivity index (χ0n) is 15.5. The van der Waals surface area contributed by atoms with Gasteiger partial charge in [-0.05, 0) is 44.9 Å². The summed E-state index contributed by atoms with van der Waals surface area (Å²) < 4.78 is 13.6. The highest BCUT2D eigenvalue weighted by atomic mass is 32.2. The van der Waals surface area contributed by atoms with E-state index in [1.165, 1.54) is 29.8 Å². The van der Waals surface area contributed by atoms with Gasteiger partial charge in [-0.25, -0.2) is 0 Å². The van der Waals surface area contributed by atoms with Crippen LogP contribution in [0.25, 0.3) is 5.69 Å². The Morgan fingerprint density at radius 3 is 2.70 bits per heavy atom. The molecule has 27 heavy (non-hydrogen) atoms. The molecular weight excluding hydrogens is 360 g/mol. The summed E-state index contributed by atoms with van der Waals surface area (Å²) in [5.41, 5.74) is 8.79. The number of nitrogens with one attached hydrogen (secondary N) is 1. The molecule has 1 aromatic heterocycles. The van der Waals surface area contributed by atoms with E-state index in [-0.39, 0.29) is 0 Å². The number of hydrogen-bond acceptors (Lipinski definition) is 5. The second-order valence-electron chi connectivity index (χ2n) is 7.07. The van der Waals surface area contributed by atoms with Gasteiger partial charge >= 0.3 is 0 Å². The molecule has 3 heterocycles. The molecule has 1 N–H and O–H groups in total. The summed E-state index contributed by atoms with van der Waals surface area (Å²) in [6.45, 7) is 5.46. The molecule has 6 nitrogen and oxygen atoms in total. The number of amidine groups is 1. The van der Waals surface area contributed by atoms with Crippen molar-refractivity contribution in [3.63, 3.8) is 0 Å². The van der Waals surface area contributed by atoms with Gasteiger partial charge in [-0.2, -0.15) is 5.10 Å². The summed E-state index contributed by atoms with van der Waals surface area (Å²) in [7, 11) is 0. The Morgan fingerprint density at radius 2 is 1.96 bits per heavy atom. The monoisotopic (exact) mass is 382 g/mol. The Kier molecular flexibility index (Phi) is 4.11. The number of benzene rings is 1. The number of nitrogens with zero attached hydrogens (tertiary/aromatic N) is 3. The first-order valence-corrected chi connectivity index (χ1v) is 10.3. The second kappa shape index (κ2) is 6.64. The van der Waals surface area contributed by atoms with Crippen LogP contribution >= 0.6 is 11.8 Å². The Balaban J connectivity index is 1.46. The molecule has 2 aromatic rings. The third kappa shape index (κ3) is 3.20. The van der Waals surface area contributed by atoms with Gasteiger partial charge in [0.25, 0.3) is 0 Å². The minimum atomic E-state index is 0.511. The lowest BCUT2D eigenvalue weighted by Crippen LogP contribution is -2.26. The molecule has 0 bridgehead atoms. The first-order valence-electron chi connectivity index (χ1n) is 9.31. The van der Waals surface area contributed by atoms with Crippen molar-refractivity contribution in [1.29, 1.82) is 0 Å². The second-order valence-corrected chi connectivity index (χ2v) is 8.04. The van der Waals surface area contributed by atoms with E-state index in [0.29, 0.717) is 19.3 Å². The third-order valence-electron chi connectivity index (χ3n) is 5.00. The van der Waals surface area contributed by atoms with Crippen LogP contribution in [0.4, 0.5) is 0 Å². The molecule has 0 unspecified atom stereocenters. The zero-order valence-corrected chi connectivity index (χ0v) is 16.3. The largest absolute Gasteiger partial charge is 0.486 e. The fourth-order valence-electron chi connectivity index (χ4n) is 3.51. The first-order chi connectivity index (χ1) is 13.2. The highest BCUT2D eigenvalue weighted by Crippen LogP contribution is 2.34. The maximum Gasteiger partial charge on any atom is 0.177 e. The van der Waals surface area contributed by atoms with Crippen molar-refractivity contribution < 1.29 is 9.47 Å². The van der Waals surface area contributed by atoms with Gasteiger partial charge in [-0.1, -0.05) is 11.8 Å².